The first-order chi connectivity index (χ1) is 5.31. The Labute approximate surface area is 64.6 Å². The largest absolute Gasteiger partial charge is 0.333 e. The van der Waals surface area contributed by atoms with Crippen LogP contribution in [-0.4, -0.2) is 36.2 Å². The number of hydrogen-bond acceptors (Lipinski definition) is 1. The molecule has 62 valence electrons. The second kappa shape index (κ2) is 2.36. The van der Waals surface area contributed by atoms with Crippen molar-refractivity contribution >= 4 is 6.03 Å². The number of halogens is 1. The average molecular weight is 158 g/mol. The van der Waals surface area contributed by atoms with Gasteiger partial charge in [-0.15, -0.1) is 0 Å². The lowest BCUT2D eigenvalue weighted by molar-refractivity contribution is 0.165. The van der Waals surface area contributed by atoms with Crippen LogP contribution in [-0.2, 0) is 0 Å². The zero-order valence-corrected chi connectivity index (χ0v) is 6.22. The van der Waals surface area contributed by atoms with Crippen molar-refractivity contribution in [2.24, 2.45) is 0 Å². The third-order valence-electron chi connectivity index (χ3n) is 2.47. The zero-order valence-electron chi connectivity index (χ0n) is 6.22. The Hall–Kier alpha value is -0.800. The van der Waals surface area contributed by atoms with Crippen LogP contribution in [0.1, 0.15) is 12.8 Å². The van der Waals surface area contributed by atoms with Crippen molar-refractivity contribution in [2.75, 3.05) is 13.2 Å². The van der Waals surface area contributed by atoms with Crippen LogP contribution in [0.25, 0.3) is 0 Å². The standard InChI is InChI=1S/C7H11FN2O/c8-3-6-2-1-5-4-10(6)7(11)9-5/h5-6H,1-4H2,(H,9,11)/t5?,6-/m0/s1. The van der Waals surface area contributed by atoms with Gasteiger partial charge in [0.2, 0.25) is 0 Å². The number of carbonyl (C=O) groups excluding carboxylic acids is 1. The van der Waals surface area contributed by atoms with E-state index in [9.17, 15) is 9.18 Å². The Bertz CT molecular complexity index is 185. The molecule has 0 aliphatic carbocycles. The Kier molecular flexibility index (Phi) is 1.47. The van der Waals surface area contributed by atoms with Gasteiger partial charge in [0, 0.05) is 12.6 Å². The van der Waals surface area contributed by atoms with Crippen molar-refractivity contribution in [1.82, 2.24) is 10.2 Å². The number of nitrogens with one attached hydrogen (secondary N) is 1. The fraction of sp³-hybridized carbons (Fsp3) is 0.857. The van der Waals surface area contributed by atoms with Crippen LogP contribution >= 0.6 is 0 Å². The molecule has 2 aliphatic heterocycles. The van der Waals surface area contributed by atoms with E-state index in [1.807, 2.05) is 0 Å². The first-order valence-corrected chi connectivity index (χ1v) is 3.94. The van der Waals surface area contributed by atoms with Crippen molar-refractivity contribution in [3.05, 3.63) is 0 Å². The summed E-state index contributed by atoms with van der Waals surface area (Å²) in [6, 6.07) is 0.0363. The minimum absolute atomic E-state index is 0.0878. The molecule has 2 atom stereocenters. The lowest BCUT2D eigenvalue weighted by Crippen LogP contribution is -2.41. The molecule has 1 N–H and O–H groups in total. The van der Waals surface area contributed by atoms with Crippen LogP contribution in [0.2, 0.25) is 0 Å². The predicted molar refractivity (Wildman–Crippen MR) is 38.0 cm³/mol. The zero-order chi connectivity index (χ0) is 7.84. The molecule has 0 aromatic heterocycles. The molecule has 1 unspecified atom stereocenters. The average Bonchev–Trinajstić information content (AvgIpc) is 2.30. The maximum atomic E-state index is 12.3. The summed E-state index contributed by atoms with van der Waals surface area (Å²) >= 11 is 0. The summed E-state index contributed by atoms with van der Waals surface area (Å²) in [6.45, 7) is 0.299. The fourth-order valence-corrected chi connectivity index (χ4v) is 1.81. The number of piperidine rings is 1. The highest BCUT2D eigenvalue weighted by Crippen LogP contribution is 2.22. The first kappa shape index (κ1) is 6.88. The number of nitrogens with zero attached hydrogens (tertiary/aromatic N) is 1. The number of hydrogen-bond donors (Lipinski definition) is 1. The fourth-order valence-electron chi connectivity index (χ4n) is 1.81. The number of urea groups is 1. The highest BCUT2D eigenvalue weighted by molar-refractivity contribution is 5.77. The van der Waals surface area contributed by atoms with Gasteiger partial charge in [-0.3, -0.25) is 0 Å². The molecule has 2 saturated heterocycles. The van der Waals surface area contributed by atoms with Gasteiger partial charge in [0.1, 0.15) is 6.67 Å². The van der Waals surface area contributed by atoms with Gasteiger partial charge in [-0.05, 0) is 12.8 Å². The smallest absolute Gasteiger partial charge is 0.318 e. The van der Waals surface area contributed by atoms with E-state index >= 15 is 0 Å². The Morgan fingerprint density at radius 1 is 1.64 bits per heavy atom. The van der Waals surface area contributed by atoms with Crippen LogP contribution in [0, 0.1) is 0 Å². The normalized spacial score (nSPS) is 35.7. The number of amides is 2. The maximum absolute atomic E-state index is 12.3. The molecule has 4 heteroatoms. The summed E-state index contributed by atoms with van der Waals surface area (Å²) in [6.07, 6.45) is 1.73. The van der Waals surface area contributed by atoms with Crippen LogP contribution in [0.3, 0.4) is 0 Å². The first-order valence-electron chi connectivity index (χ1n) is 3.94. The Balaban J connectivity index is 2.12. The van der Waals surface area contributed by atoms with Crippen molar-refractivity contribution in [3.63, 3.8) is 0 Å². The molecule has 2 heterocycles. The van der Waals surface area contributed by atoms with Gasteiger partial charge in [0.15, 0.2) is 0 Å². The number of fused-ring (bicyclic) bond motifs is 2. The molecule has 0 saturated carbocycles. The maximum Gasteiger partial charge on any atom is 0.318 e. The predicted octanol–water partition coefficient (Wildman–Crippen LogP) is 0.512. The van der Waals surface area contributed by atoms with Gasteiger partial charge in [0.25, 0.3) is 0 Å². The molecule has 11 heavy (non-hydrogen) atoms. The van der Waals surface area contributed by atoms with Gasteiger partial charge in [-0.1, -0.05) is 0 Å². The summed E-state index contributed by atoms with van der Waals surface area (Å²) in [7, 11) is 0. The summed E-state index contributed by atoms with van der Waals surface area (Å²) in [5.41, 5.74) is 0. The van der Waals surface area contributed by atoms with Gasteiger partial charge in [-0.2, -0.15) is 0 Å². The molecule has 0 aromatic carbocycles. The molecule has 0 radical (unpaired) electrons. The van der Waals surface area contributed by atoms with E-state index in [1.54, 1.807) is 4.90 Å². The van der Waals surface area contributed by atoms with Gasteiger partial charge < -0.3 is 10.2 Å². The van der Waals surface area contributed by atoms with E-state index in [0.29, 0.717) is 6.54 Å². The van der Waals surface area contributed by atoms with Crippen molar-refractivity contribution in [1.29, 1.82) is 0 Å². The van der Waals surface area contributed by atoms with E-state index in [1.165, 1.54) is 0 Å². The van der Waals surface area contributed by atoms with Gasteiger partial charge in [-0.25, -0.2) is 9.18 Å². The third-order valence-corrected chi connectivity index (χ3v) is 2.47. The van der Waals surface area contributed by atoms with E-state index in [-0.39, 0.29) is 18.1 Å². The van der Waals surface area contributed by atoms with E-state index in [2.05, 4.69) is 5.32 Å². The molecule has 0 aromatic rings. The lowest BCUT2D eigenvalue weighted by Gasteiger charge is -2.28. The van der Waals surface area contributed by atoms with Crippen molar-refractivity contribution < 1.29 is 9.18 Å². The van der Waals surface area contributed by atoms with Crippen LogP contribution in [0.5, 0.6) is 0 Å². The van der Waals surface area contributed by atoms with Crippen molar-refractivity contribution in [2.45, 2.75) is 24.9 Å². The molecule has 3 nitrogen and oxygen atoms in total. The highest BCUT2D eigenvalue weighted by Gasteiger charge is 2.38. The number of carbonyl (C=O) groups is 1. The number of rotatable bonds is 1. The highest BCUT2D eigenvalue weighted by atomic mass is 19.1. The summed E-state index contributed by atoms with van der Waals surface area (Å²) in [4.78, 5) is 12.7. The molecule has 2 fully saturated rings. The van der Waals surface area contributed by atoms with E-state index < -0.39 is 6.67 Å². The third kappa shape index (κ3) is 0.968. The molecular weight excluding hydrogens is 147 g/mol. The van der Waals surface area contributed by atoms with Crippen molar-refractivity contribution in [3.8, 4) is 0 Å². The molecule has 2 rings (SSSR count). The molecule has 2 amide bonds. The van der Waals surface area contributed by atoms with Crippen LogP contribution in [0.15, 0.2) is 0 Å². The summed E-state index contributed by atoms with van der Waals surface area (Å²) in [5.74, 6) is 0. The summed E-state index contributed by atoms with van der Waals surface area (Å²) < 4.78 is 12.3. The topological polar surface area (TPSA) is 32.3 Å². The van der Waals surface area contributed by atoms with Gasteiger partial charge in [0.05, 0.1) is 6.04 Å². The Morgan fingerprint density at radius 3 is 3.18 bits per heavy atom. The van der Waals surface area contributed by atoms with E-state index in [0.717, 1.165) is 12.8 Å². The summed E-state index contributed by atoms with van der Waals surface area (Å²) in [5, 5.41) is 2.80. The van der Waals surface area contributed by atoms with E-state index in [4.69, 9.17) is 0 Å². The quantitative estimate of drug-likeness (QED) is 0.592. The lowest BCUT2D eigenvalue weighted by atomic mass is 10.0. The molecule has 0 spiro atoms. The van der Waals surface area contributed by atoms with Crippen LogP contribution in [0.4, 0.5) is 9.18 Å². The second-order valence-electron chi connectivity index (χ2n) is 3.18. The second-order valence-corrected chi connectivity index (χ2v) is 3.18. The molecule has 2 aliphatic rings. The number of alkyl halides is 1. The minimum Gasteiger partial charge on any atom is -0.333 e. The minimum atomic E-state index is -0.403. The van der Waals surface area contributed by atoms with Crippen LogP contribution < -0.4 is 5.32 Å². The SMILES string of the molecule is O=C1NC2CC[C@@H](CF)N1C2. The molecule has 2 bridgehead atoms. The van der Waals surface area contributed by atoms with Gasteiger partial charge >= 0.3 is 6.03 Å². The Morgan fingerprint density at radius 2 is 2.45 bits per heavy atom. The molecular formula is C7H11FN2O. The monoisotopic (exact) mass is 158 g/mol.